The fourth-order valence-corrected chi connectivity index (χ4v) is 2.84. The molecule has 0 saturated heterocycles. The van der Waals surface area contributed by atoms with E-state index in [0.717, 1.165) is 11.3 Å². The molecule has 0 aliphatic heterocycles. The lowest BCUT2D eigenvalue weighted by molar-refractivity contribution is -0.142. The first-order valence-corrected chi connectivity index (χ1v) is 7.40. The maximum absolute atomic E-state index is 11.9. The molecule has 0 radical (unpaired) electrons. The second-order valence-electron chi connectivity index (χ2n) is 4.43. The van der Waals surface area contributed by atoms with Crippen molar-refractivity contribution >= 4 is 34.8 Å². The summed E-state index contributed by atoms with van der Waals surface area (Å²) >= 11 is 7.19. The van der Waals surface area contributed by atoms with Gasteiger partial charge in [-0.1, -0.05) is 24.9 Å². The molecule has 0 aromatic carbocycles. The van der Waals surface area contributed by atoms with E-state index in [1.165, 1.54) is 11.3 Å². The minimum Gasteiger partial charge on any atom is -0.481 e. The van der Waals surface area contributed by atoms with Crippen molar-refractivity contribution in [2.75, 3.05) is 6.54 Å². The third kappa shape index (κ3) is 4.84. The van der Waals surface area contributed by atoms with Crippen LogP contribution in [0.4, 0.5) is 0 Å². The molecule has 6 heteroatoms. The van der Waals surface area contributed by atoms with Crippen molar-refractivity contribution in [2.24, 2.45) is 5.92 Å². The van der Waals surface area contributed by atoms with Gasteiger partial charge in [0.05, 0.1) is 16.2 Å². The zero-order valence-corrected chi connectivity index (χ0v) is 12.6. The van der Waals surface area contributed by atoms with Crippen molar-refractivity contribution in [3.05, 3.63) is 21.3 Å². The van der Waals surface area contributed by atoms with Gasteiger partial charge < -0.3 is 10.4 Å². The number of thiophene rings is 1. The number of carboxylic acids is 1. The van der Waals surface area contributed by atoms with E-state index in [9.17, 15) is 9.59 Å². The lowest BCUT2D eigenvalue weighted by atomic mass is 10.0. The highest BCUT2D eigenvalue weighted by Gasteiger charge is 2.21. The summed E-state index contributed by atoms with van der Waals surface area (Å²) < 4.78 is 0.643. The van der Waals surface area contributed by atoms with Crippen molar-refractivity contribution in [2.45, 2.75) is 32.6 Å². The van der Waals surface area contributed by atoms with E-state index in [-0.39, 0.29) is 18.4 Å². The molecule has 2 N–H and O–H groups in total. The van der Waals surface area contributed by atoms with Gasteiger partial charge in [-0.3, -0.25) is 9.59 Å². The number of carbonyl (C=O) groups excluding carboxylic acids is 1. The molecule has 0 bridgehead atoms. The molecule has 1 heterocycles. The van der Waals surface area contributed by atoms with Gasteiger partial charge in [-0.2, -0.15) is 0 Å². The van der Waals surface area contributed by atoms with Crippen molar-refractivity contribution < 1.29 is 14.7 Å². The molecule has 2 atom stereocenters. The number of halogens is 1. The number of hydrogen-bond donors (Lipinski definition) is 2. The number of carbonyl (C=O) groups is 2. The zero-order chi connectivity index (χ0) is 14.4. The van der Waals surface area contributed by atoms with Crippen LogP contribution in [0.5, 0.6) is 0 Å². The molecule has 1 aromatic heterocycles. The maximum atomic E-state index is 11.9. The maximum Gasteiger partial charge on any atom is 0.308 e. The molecule has 2 unspecified atom stereocenters. The molecular formula is C13H18ClNO3S. The van der Waals surface area contributed by atoms with Crippen LogP contribution < -0.4 is 5.32 Å². The summed E-state index contributed by atoms with van der Waals surface area (Å²) in [6, 6.07) is 3.57. The number of carboxylic acid groups (broad SMARTS) is 1. The van der Waals surface area contributed by atoms with Crippen LogP contribution in [0.15, 0.2) is 12.1 Å². The molecule has 0 saturated carbocycles. The fourth-order valence-electron chi connectivity index (χ4n) is 1.73. The van der Waals surface area contributed by atoms with Crippen LogP contribution in [0.2, 0.25) is 4.34 Å². The Morgan fingerprint density at radius 3 is 2.63 bits per heavy atom. The van der Waals surface area contributed by atoms with Crippen LogP contribution in [0.3, 0.4) is 0 Å². The van der Waals surface area contributed by atoms with E-state index >= 15 is 0 Å². The molecule has 4 nitrogen and oxygen atoms in total. The number of nitrogens with one attached hydrogen (secondary N) is 1. The molecular weight excluding hydrogens is 286 g/mol. The number of aliphatic carboxylic acids is 1. The average Bonchev–Trinajstić information content (AvgIpc) is 2.79. The molecule has 0 spiro atoms. The first-order valence-electron chi connectivity index (χ1n) is 6.21. The smallest absolute Gasteiger partial charge is 0.308 e. The molecule has 0 fully saturated rings. The first kappa shape index (κ1) is 16.0. The Bertz CT molecular complexity index is 447. The summed E-state index contributed by atoms with van der Waals surface area (Å²) in [5.74, 6) is -1.86. The average molecular weight is 304 g/mol. The molecule has 1 amide bonds. The van der Waals surface area contributed by atoms with Gasteiger partial charge in [-0.25, -0.2) is 0 Å². The largest absolute Gasteiger partial charge is 0.481 e. The van der Waals surface area contributed by atoms with Crippen molar-refractivity contribution in [1.82, 2.24) is 5.32 Å². The van der Waals surface area contributed by atoms with E-state index in [2.05, 4.69) is 5.32 Å². The van der Waals surface area contributed by atoms with Gasteiger partial charge in [0.25, 0.3) is 0 Å². The lowest BCUT2D eigenvalue weighted by Crippen LogP contribution is -2.35. The SMILES string of the molecule is CCCC(CNC(=O)C(C)c1ccc(Cl)s1)C(=O)O. The van der Waals surface area contributed by atoms with Crippen molar-refractivity contribution in [1.29, 1.82) is 0 Å². The van der Waals surface area contributed by atoms with Crippen molar-refractivity contribution in [3.63, 3.8) is 0 Å². The van der Waals surface area contributed by atoms with Gasteiger partial charge in [-0.05, 0) is 25.5 Å². The van der Waals surface area contributed by atoms with E-state index in [4.69, 9.17) is 16.7 Å². The lowest BCUT2D eigenvalue weighted by Gasteiger charge is -2.15. The third-order valence-electron chi connectivity index (χ3n) is 2.92. The zero-order valence-electron chi connectivity index (χ0n) is 11.0. The predicted octanol–water partition coefficient (Wildman–Crippen LogP) is 3.12. The summed E-state index contributed by atoms with van der Waals surface area (Å²) in [6.45, 7) is 3.88. The summed E-state index contributed by atoms with van der Waals surface area (Å²) in [7, 11) is 0. The van der Waals surface area contributed by atoms with Crippen LogP contribution in [-0.4, -0.2) is 23.5 Å². The Labute approximate surface area is 121 Å². The van der Waals surface area contributed by atoms with Gasteiger partial charge >= 0.3 is 5.97 Å². The molecule has 106 valence electrons. The number of hydrogen-bond acceptors (Lipinski definition) is 3. The Balaban J connectivity index is 2.52. The Morgan fingerprint density at radius 2 is 2.16 bits per heavy atom. The first-order chi connectivity index (χ1) is 8.95. The monoisotopic (exact) mass is 303 g/mol. The van der Waals surface area contributed by atoms with Crippen LogP contribution in [-0.2, 0) is 9.59 Å². The highest BCUT2D eigenvalue weighted by molar-refractivity contribution is 7.16. The minimum atomic E-state index is -0.867. The van der Waals surface area contributed by atoms with E-state index < -0.39 is 11.9 Å². The summed E-state index contributed by atoms with van der Waals surface area (Å²) in [5, 5.41) is 11.7. The van der Waals surface area contributed by atoms with E-state index in [1.807, 2.05) is 13.0 Å². The molecule has 19 heavy (non-hydrogen) atoms. The number of rotatable bonds is 7. The van der Waals surface area contributed by atoms with Gasteiger partial charge in [0.1, 0.15) is 0 Å². The van der Waals surface area contributed by atoms with Crippen LogP contribution in [0.25, 0.3) is 0 Å². The van der Waals surface area contributed by atoms with Gasteiger partial charge in [0, 0.05) is 11.4 Å². The fraction of sp³-hybridized carbons (Fsp3) is 0.538. The highest BCUT2D eigenvalue weighted by Crippen LogP contribution is 2.28. The van der Waals surface area contributed by atoms with Gasteiger partial charge in [-0.15, -0.1) is 11.3 Å². The van der Waals surface area contributed by atoms with Gasteiger partial charge in [0.15, 0.2) is 0 Å². The summed E-state index contributed by atoms with van der Waals surface area (Å²) in [4.78, 5) is 23.8. The highest BCUT2D eigenvalue weighted by atomic mass is 35.5. The predicted molar refractivity (Wildman–Crippen MR) is 76.8 cm³/mol. The van der Waals surface area contributed by atoms with Crippen LogP contribution in [0.1, 0.15) is 37.5 Å². The number of amides is 1. The Hall–Kier alpha value is -1.07. The van der Waals surface area contributed by atoms with Gasteiger partial charge in [0.2, 0.25) is 5.91 Å². The van der Waals surface area contributed by atoms with Crippen molar-refractivity contribution in [3.8, 4) is 0 Å². The second-order valence-corrected chi connectivity index (χ2v) is 6.18. The van der Waals surface area contributed by atoms with Crippen LogP contribution in [0, 0.1) is 5.92 Å². The Morgan fingerprint density at radius 1 is 1.47 bits per heavy atom. The minimum absolute atomic E-state index is 0.166. The normalized spacial score (nSPS) is 13.8. The quantitative estimate of drug-likeness (QED) is 0.813. The van der Waals surface area contributed by atoms with Crippen LogP contribution >= 0.6 is 22.9 Å². The molecule has 1 aromatic rings. The standard InChI is InChI=1S/C13H18ClNO3S/c1-3-4-9(13(17)18)7-15-12(16)8(2)10-5-6-11(14)19-10/h5-6,8-9H,3-4,7H2,1-2H3,(H,15,16)(H,17,18). The topological polar surface area (TPSA) is 66.4 Å². The molecule has 1 rings (SSSR count). The molecule has 0 aliphatic rings. The third-order valence-corrected chi connectivity index (χ3v) is 4.34. The molecule has 0 aliphatic carbocycles. The Kier molecular flexibility index (Phi) is 6.31. The summed E-state index contributed by atoms with van der Waals surface area (Å²) in [6.07, 6.45) is 1.34. The summed E-state index contributed by atoms with van der Waals surface area (Å²) in [5.41, 5.74) is 0. The second kappa shape index (κ2) is 7.50. The van der Waals surface area contributed by atoms with E-state index in [0.29, 0.717) is 10.8 Å². The van der Waals surface area contributed by atoms with E-state index in [1.54, 1.807) is 13.0 Å².